The van der Waals surface area contributed by atoms with Crippen LogP contribution in [0.25, 0.3) is 0 Å². The third kappa shape index (κ3) is 2.00. The Hall–Kier alpha value is -0.610. The van der Waals surface area contributed by atoms with E-state index in [-0.39, 0.29) is 18.0 Å². The lowest BCUT2D eigenvalue weighted by atomic mass is 10.1. The number of amides is 1. The van der Waals surface area contributed by atoms with E-state index in [2.05, 4.69) is 10.2 Å². The second kappa shape index (κ2) is 3.27. The summed E-state index contributed by atoms with van der Waals surface area (Å²) in [4.78, 5) is 13.7. The number of hydrogen-bond donors (Lipinski definition) is 2. The van der Waals surface area contributed by atoms with Crippen LogP contribution >= 0.6 is 0 Å². The van der Waals surface area contributed by atoms with Gasteiger partial charge in [-0.05, 0) is 19.8 Å². The summed E-state index contributed by atoms with van der Waals surface area (Å²) in [7, 11) is 0. The number of nitrogens with two attached hydrogens (primary N) is 1. The Morgan fingerprint density at radius 2 is 2.15 bits per heavy atom. The van der Waals surface area contributed by atoms with Gasteiger partial charge in [-0.25, -0.2) is 0 Å². The number of nitrogens with one attached hydrogen (secondary N) is 1. The molecular formula is C9H17N3O. The van der Waals surface area contributed by atoms with Gasteiger partial charge in [-0.3, -0.25) is 9.69 Å². The zero-order valence-corrected chi connectivity index (χ0v) is 7.99. The second-order valence-corrected chi connectivity index (χ2v) is 4.17. The molecule has 3 N–H and O–H groups in total. The molecule has 1 aliphatic carbocycles. The molecule has 0 radical (unpaired) electrons. The smallest absolute Gasteiger partial charge is 0.237 e. The first-order valence-corrected chi connectivity index (χ1v) is 4.97. The Labute approximate surface area is 78.5 Å². The largest absolute Gasteiger partial charge is 0.352 e. The summed E-state index contributed by atoms with van der Waals surface area (Å²) in [5.41, 5.74) is 5.65. The number of hydrogen-bond acceptors (Lipinski definition) is 3. The van der Waals surface area contributed by atoms with Gasteiger partial charge in [0.25, 0.3) is 0 Å². The average molecular weight is 183 g/mol. The zero-order chi connectivity index (χ0) is 9.42. The first-order valence-electron chi connectivity index (χ1n) is 4.97. The Balaban J connectivity index is 1.75. The van der Waals surface area contributed by atoms with Crippen molar-refractivity contribution in [1.82, 2.24) is 10.2 Å². The van der Waals surface area contributed by atoms with Crippen LogP contribution in [0.5, 0.6) is 0 Å². The van der Waals surface area contributed by atoms with Gasteiger partial charge in [0.15, 0.2) is 0 Å². The molecule has 2 fully saturated rings. The predicted octanol–water partition coefficient (Wildman–Crippen LogP) is -0.704. The van der Waals surface area contributed by atoms with Crippen LogP contribution in [-0.2, 0) is 4.79 Å². The van der Waals surface area contributed by atoms with Crippen LogP contribution in [0.15, 0.2) is 0 Å². The molecule has 1 saturated heterocycles. The molecule has 4 nitrogen and oxygen atoms in total. The molecule has 1 atom stereocenters. The van der Waals surface area contributed by atoms with Gasteiger partial charge in [0.2, 0.25) is 5.91 Å². The maximum Gasteiger partial charge on any atom is 0.237 e. The third-order valence-electron chi connectivity index (χ3n) is 2.79. The van der Waals surface area contributed by atoms with Gasteiger partial charge in [0, 0.05) is 25.2 Å². The summed E-state index contributed by atoms with van der Waals surface area (Å²) >= 11 is 0. The molecule has 0 aromatic rings. The van der Waals surface area contributed by atoms with Crippen LogP contribution in [0.3, 0.4) is 0 Å². The van der Waals surface area contributed by atoms with Crippen molar-refractivity contribution in [2.24, 2.45) is 5.73 Å². The van der Waals surface area contributed by atoms with Crippen LogP contribution in [0.2, 0.25) is 0 Å². The summed E-state index contributed by atoms with van der Waals surface area (Å²) in [6.45, 7) is 3.67. The SMILES string of the molecule is CC(C(=O)NC1CC1)N1CC(N)C1. The predicted molar refractivity (Wildman–Crippen MR) is 50.2 cm³/mol. The van der Waals surface area contributed by atoms with Crippen molar-refractivity contribution >= 4 is 5.91 Å². The van der Waals surface area contributed by atoms with E-state index in [0.29, 0.717) is 6.04 Å². The molecule has 0 aromatic carbocycles. The van der Waals surface area contributed by atoms with Gasteiger partial charge < -0.3 is 11.1 Å². The van der Waals surface area contributed by atoms with Gasteiger partial charge in [0.05, 0.1) is 6.04 Å². The van der Waals surface area contributed by atoms with Crippen molar-refractivity contribution in [2.45, 2.75) is 37.9 Å². The maximum atomic E-state index is 11.5. The highest BCUT2D eigenvalue weighted by atomic mass is 16.2. The van der Waals surface area contributed by atoms with Crippen LogP contribution in [-0.4, -0.2) is 42.0 Å². The molecule has 2 aliphatic rings. The van der Waals surface area contributed by atoms with Crippen LogP contribution in [0, 0.1) is 0 Å². The highest BCUT2D eigenvalue weighted by molar-refractivity contribution is 5.82. The van der Waals surface area contributed by atoms with Gasteiger partial charge in [-0.15, -0.1) is 0 Å². The van der Waals surface area contributed by atoms with E-state index in [1.165, 1.54) is 0 Å². The summed E-state index contributed by atoms with van der Waals surface area (Å²) in [6.07, 6.45) is 2.30. The van der Waals surface area contributed by atoms with Gasteiger partial charge >= 0.3 is 0 Å². The highest BCUT2D eigenvalue weighted by Crippen LogP contribution is 2.19. The van der Waals surface area contributed by atoms with Crippen molar-refractivity contribution < 1.29 is 4.79 Å². The number of rotatable bonds is 3. The Bertz CT molecular complexity index is 209. The Morgan fingerprint density at radius 1 is 1.54 bits per heavy atom. The molecule has 1 amide bonds. The number of carbonyl (C=O) groups excluding carboxylic acids is 1. The fourth-order valence-corrected chi connectivity index (χ4v) is 1.58. The van der Waals surface area contributed by atoms with Gasteiger partial charge in [-0.1, -0.05) is 0 Å². The molecule has 1 unspecified atom stereocenters. The minimum atomic E-state index is 0.000370. The van der Waals surface area contributed by atoms with E-state index >= 15 is 0 Å². The molecule has 2 rings (SSSR count). The first-order chi connectivity index (χ1) is 6.16. The van der Waals surface area contributed by atoms with Crippen LogP contribution < -0.4 is 11.1 Å². The van der Waals surface area contributed by atoms with E-state index in [4.69, 9.17) is 5.73 Å². The molecule has 1 aliphatic heterocycles. The van der Waals surface area contributed by atoms with Crippen molar-refractivity contribution in [3.63, 3.8) is 0 Å². The van der Waals surface area contributed by atoms with Gasteiger partial charge in [-0.2, -0.15) is 0 Å². The van der Waals surface area contributed by atoms with E-state index in [1.807, 2.05) is 6.92 Å². The quantitative estimate of drug-likeness (QED) is 0.608. The fraction of sp³-hybridized carbons (Fsp3) is 0.889. The lowest BCUT2D eigenvalue weighted by Crippen LogP contribution is -2.61. The van der Waals surface area contributed by atoms with Crippen molar-refractivity contribution in [3.8, 4) is 0 Å². The molecule has 74 valence electrons. The van der Waals surface area contributed by atoms with Crippen LogP contribution in [0.1, 0.15) is 19.8 Å². The normalized spacial score (nSPS) is 26.6. The second-order valence-electron chi connectivity index (χ2n) is 4.17. The molecule has 13 heavy (non-hydrogen) atoms. The number of nitrogens with zero attached hydrogens (tertiary/aromatic N) is 1. The van der Waals surface area contributed by atoms with Crippen molar-refractivity contribution in [2.75, 3.05) is 13.1 Å². The summed E-state index contributed by atoms with van der Waals surface area (Å²) in [5.74, 6) is 0.161. The molecule has 1 saturated carbocycles. The minimum absolute atomic E-state index is 0.000370. The topological polar surface area (TPSA) is 58.4 Å². The maximum absolute atomic E-state index is 11.5. The molecule has 0 bridgehead atoms. The summed E-state index contributed by atoms with van der Waals surface area (Å²) in [6, 6.07) is 0.737. The molecule has 1 heterocycles. The number of carbonyl (C=O) groups is 1. The Morgan fingerprint density at radius 3 is 2.62 bits per heavy atom. The van der Waals surface area contributed by atoms with E-state index in [1.54, 1.807) is 0 Å². The monoisotopic (exact) mass is 183 g/mol. The van der Waals surface area contributed by atoms with E-state index in [9.17, 15) is 4.79 Å². The average Bonchev–Trinajstić information content (AvgIpc) is 2.81. The number of likely N-dealkylation sites (tertiary alicyclic amines) is 1. The van der Waals surface area contributed by atoms with E-state index in [0.717, 1.165) is 25.9 Å². The standard InChI is InChI=1S/C9H17N3O/c1-6(12-4-7(10)5-12)9(13)11-8-2-3-8/h6-8H,2-5,10H2,1H3,(H,11,13). The van der Waals surface area contributed by atoms with E-state index < -0.39 is 0 Å². The fourth-order valence-electron chi connectivity index (χ4n) is 1.58. The Kier molecular flexibility index (Phi) is 2.26. The third-order valence-corrected chi connectivity index (χ3v) is 2.79. The zero-order valence-electron chi connectivity index (χ0n) is 7.99. The van der Waals surface area contributed by atoms with Crippen molar-refractivity contribution in [3.05, 3.63) is 0 Å². The molecule has 4 heteroatoms. The molecule has 0 spiro atoms. The van der Waals surface area contributed by atoms with Crippen LogP contribution in [0.4, 0.5) is 0 Å². The van der Waals surface area contributed by atoms with Crippen molar-refractivity contribution in [1.29, 1.82) is 0 Å². The van der Waals surface area contributed by atoms with Gasteiger partial charge in [0.1, 0.15) is 0 Å². The first kappa shape index (κ1) is 8.97. The summed E-state index contributed by atoms with van der Waals surface area (Å²) < 4.78 is 0. The highest BCUT2D eigenvalue weighted by Gasteiger charge is 2.33. The molecule has 0 aromatic heterocycles. The lowest BCUT2D eigenvalue weighted by Gasteiger charge is -2.40. The molecular weight excluding hydrogens is 166 g/mol. The lowest BCUT2D eigenvalue weighted by molar-refractivity contribution is -0.127. The summed E-state index contributed by atoms with van der Waals surface area (Å²) in [5, 5.41) is 3.00. The minimum Gasteiger partial charge on any atom is -0.352 e.